The zero-order valence-corrected chi connectivity index (χ0v) is 17.5. The maximum absolute atomic E-state index is 13.4. The predicted molar refractivity (Wildman–Crippen MR) is 101 cm³/mol. The maximum atomic E-state index is 13.4. The minimum absolute atomic E-state index is 0.0532. The van der Waals surface area contributed by atoms with Gasteiger partial charge in [-0.3, -0.25) is 0 Å². The molecule has 1 aromatic heterocycles. The van der Waals surface area contributed by atoms with Gasteiger partial charge in [0.2, 0.25) is 21.9 Å². The Morgan fingerprint density at radius 3 is 2.57 bits per heavy atom. The molecule has 0 bridgehead atoms. The number of aromatic nitrogens is 2. The van der Waals surface area contributed by atoms with E-state index in [-0.39, 0.29) is 31.6 Å². The highest BCUT2D eigenvalue weighted by Crippen LogP contribution is 2.37. The predicted octanol–water partition coefficient (Wildman–Crippen LogP) is 1.25. The van der Waals surface area contributed by atoms with E-state index in [1.54, 1.807) is 0 Å². The second kappa shape index (κ2) is 8.44. The van der Waals surface area contributed by atoms with Gasteiger partial charge in [0.1, 0.15) is 17.3 Å². The van der Waals surface area contributed by atoms with Crippen molar-refractivity contribution >= 4 is 16.0 Å². The van der Waals surface area contributed by atoms with Crippen molar-refractivity contribution in [2.24, 2.45) is 0 Å². The summed E-state index contributed by atoms with van der Waals surface area (Å²) < 4.78 is 75.4. The summed E-state index contributed by atoms with van der Waals surface area (Å²) >= 11 is 0. The molecule has 2 N–H and O–H groups in total. The maximum Gasteiger partial charge on any atom is 0.423 e. The molecular weight excluding hydrogens is 429 g/mol. The molecule has 2 fully saturated rings. The van der Waals surface area contributed by atoms with Gasteiger partial charge in [0.15, 0.2) is 0 Å². The highest BCUT2D eigenvalue weighted by molar-refractivity contribution is 7.88. The Morgan fingerprint density at radius 2 is 2.00 bits per heavy atom. The van der Waals surface area contributed by atoms with Crippen molar-refractivity contribution in [3.63, 3.8) is 0 Å². The smallest absolute Gasteiger partial charge is 0.423 e. The highest BCUT2D eigenvalue weighted by atomic mass is 32.2. The van der Waals surface area contributed by atoms with Crippen LogP contribution in [0.4, 0.5) is 19.1 Å². The van der Waals surface area contributed by atoms with Crippen LogP contribution in [-0.4, -0.2) is 78.1 Å². The number of sulfonamides is 1. The van der Waals surface area contributed by atoms with Crippen LogP contribution >= 0.6 is 0 Å². The van der Waals surface area contributed by atoms with E-state index in [9.17, 15) is 26.7 Å². The molecule has 0 aliphatic carbocycles. The van der Waals surface area contributed by atoms with E-state index in [1.165, 1.54) is 11.2 Å². The van der Waals surface area contributed by atoms with Crippen molar-refractivity contribution in [2.45, 2.75) is 50.1 Å². The van der Waals surface area contributed by atoms with Crippen LogP contribution in [0.3, 0.4) is 0 Å². The molecule has 9 nitrogen and oxygen atoms in total. The average Bonchev–Trinajstić information content (AvgIpc) is 2.62. The van der Waals surface area contributed by atoms with Crippen molar-refractivity contribution in [1.82, 2.24) is 14.3 Å². The fourth-order valence-electron chi connectivity index (χ4n) is 3.43. The van der Waals surface area contributed by atoms with Crippen molar-refractivity contribution in [3.05, 3.63) is 11.8 Å². The molecule has 2 saturated heterocycles. The number of anilines is 1. The van der Waals surface area contributed by atoms with Crippen LogP contribution < -0.4 is 10.1 Å². The number of ether oxygens (including phenoxy) is 2. The van der Waals surface area contributed by atoms with Gasteiger partial charge < -0.3 is 19.9 Å². The number of rotatable bonds is 5. The number of piperidine rings is 1. The minimum atomic E-state index is -4.73. The van der Waals surface area contributed by atoms with Crippen LogP contribution in [0.25, 0.3) is 0 Å². The molecular formula is C17H25F3N4O5S. The number of nitrogens with one attached hydrogen (secondary N) is 1. The van der Waals surface area contributed by atoms with Crippen molar-refractivity contribution < 1.29 is 36.2 Å². The molecule has 13 heteroatoms. The Kier molecular flexibility index (Phi) is 6.46. The summed E-state index contributed by atoms with van der Waals surface area (Å²) in [6.45, 7) is 2.21. The van der Waals surface area contributed by atoms with E-state index in [0.29, 0.717) is 32.1 Å². The Bertz CT molecular complexity index is 857. The number of alkyl halides is 3. The number of aliphatic hydroxyl groups is 1. The summed E-state index contributed by atoms with van der Waals surface area (Å²) in [5.41, 5.74) is -2.60. The van der Waals surface area contributed by atoms with Crippen LogP contribution in [0.15, 0.2) is 6.20 Å². The summed E-state index contributed by atoms with van der Waals surface area (Å²) in [4.78, 5) is 7.67. The second-order valence-corrected chi connectivity index (χ2v) is 9.78. The fourth-order valence-corrected chi connectivity index (χ4v) is 4.30. The first-order valence-corrected chi connectivity index (χ1v) is 11.3. The number of hydrogen-bond donors (Lipinski definition) is 2. The fraction of sp³-hybridized carbons (Fsp3) is 0.765. The monoisotopic (exact) mass is 454 g/mol. The molecule has 0 saturated carbocycles. The summed E-state index contributed by atoms with van der Waals surface area (Å²) in [5.74, 6) is -0.719. The lowest BCUT2D eigenvalue weighted by atomic mass is 9.95. The van der Waals surface area contributed by atoms with Crippen LogP contribution in [0, 0.1) is 0 Å². The highest BCUT2D eigenvalue weighted by Gasteiger charge is 2.41. The van der Waals surface area contributed by atoms with E-state index >= 15 is 0 Å². The van der Waals surface area contributed by atoms with E-state index in [1.807, 2.05) is 0 Å². The molecule has 3 rings (SSSR count). The minimum Gasteiger partial charge on any atom is -0.471 e. The molecule has 0 unspecified atom stereocenters. The Hall–Kier alpha value is -1.70. The lowest BCUT2D eigenvalue weighted by molar-refractivity contribution is -0.152. The summed E-state index contributed by atoms with van der Waals surface area (Å²) in [5, 5.41) is 13.3. The zero-order valence-electron chi connectivity index (χ0n) is 16.6. The molecule has 170 valence electrons. The second-order valence-electron chi connectivity index (χ2n) is 7.80. The topological polar surface area (TPSA) is 114 Å². The lowest BCUT2D eigenvalue weighted by Crippen LogP contribution is -2.51. The number of nitrogens with zero attached hydrogens (tertiary/aromatic N) is 3. The SMILES string of the molecule is C[C@]1(O)COCC[C@H]1Oc1nc(NC2CCN(S(C)(=O)=O)CC2)ncc1C(F)(F)F. The molecule has 2 atom stereocenters. The average molecular weight is 454 g/mol. The summed E-state index contributed by atoms with van der Waals surface area (Å²) in [7, 11) is -3.28. The van der Waals surface area contributed by atoms with E-state index in [4.69, 9.17) is 9.47 Å². The molecule has 2 aliphatic rings. The molecule has 0 radical (unpaired) electrons. The van der Waals surface area contributed by atoms with Crippen LogP contribution in [0.1, 0.15) is 31.7 Å². The third kappa shape index (κ3) is 5.50. The Morgan fingerprint density at radius 1 is 1.33 bits per heavy atom. The largest absolute Gasteiger partial charge is 0.471 e. The lowest BCUT2D eigenvalue weighted by Gasteiger charge is -2.36. The van der Waals surface area contributed by atoms with Gasteiger partial charge in [-0.1, -0.05) is 0 Å². The first-order chi connectivity index (χ1) is 13.9. The van der Waals surface area contributed by atoms with Crippen molar-refractivity contribution in [1.29, 1.82) is 0 Å². The molecule has 30 heavy (non-hydrogen) atoms. The molecule has 0 spiro atoms. The van der Waals surface area contributed by atoms with Crippen LogP contribution in [0.2, 0.25) is 0 Å². The third-order valence-corrected chi connectivity index (χ3v) is 6.48. The van der Waals surface area contributed by atoms with E-state index in [2.05, 4.69) is 15.3 Å². The number of hydrogen-bond acceptors (Lipinski definition) is 8. The van der Waals surface area contributed by atoms with Crippen molar-refractivity contribution in [2.75, 3.05) is 37.9 Å². The third-order valence-electron chi connectivity index (χ3n) is 5.18. The first kappa shape index (κ1) is 23.0. The standard InChI is InChI=1S/C17H25F3N4O5S/c1-16(25)10-28-8-5-13(16)29-14-12(17(18,19)20)9-21-15(23-14)22-11-3-6-24(7-4-11)30(2,26)27/h9,11,13,25H,3-8,10H2,1-2H3,(H,21,22,23)/t13-,16+/m1/s1. The van der Waals surface area contributed by atoms with Crippen LogP contribution in [-0.2, 0) is 20.9 Å². The molecule has 1 aromatic rings. The Labute approximate surface area is 172 Å². The summed E-state index contributed by atoms with van der Waals surface area (Å²) in [6, 6.07) is -0.196. The van der Waals surface area contributed by atoms with Gasteiger partial charge in [0.05, 0.1) is 19.5 Å². The Balaban J connectivity index is 1.76. The van der Waals surface area contributed by atoms with Gasteiger partial charge in [-0.25, -0.2) is 17.7 Å². The van der Waals surface area contributed by atoms with Gasteiger partial charge in [0.25, 0.3) is 0 Å². The molecule has 0 amide bonds. The van der Waals surface area contributed by atoms with Gasteiger partial charge in [0, 0.05) is 31.7 Å². The molecule has 0 aromatic carbocycles. The molecule has 2 aliphatic heterocycles. The van der Waals surface area contributed by atoms with Crippen LogP contribution in [0.5, 0.6) is 5.88 Å². The zero-order chi connectivity index (χ0) is 22.2. The first-order valence-electron chi connectivity index (χ1n) is 9.49. The number of halogens is 3. The van der Waals surface area contributed by atoms with Gasteiger partial charge in [-0.15, -0.1) is 0 Å². The van der Waals surface area contributed by atoms with Crippen molar-refractivity contribution in [3.8, 4) is 5.88 Å². The van der Waals surface area contributed by atoms with Gasteiger partial charge in [-0.05, 0) is 19.8 Å². The van der Waals surface area contributed by atoms with E-state index < -0.39 is 39.3 Å². The van der Waals surface area contributed by atoms with Gasteiger partial charge >= 0.3 is 6.18 Å². The normalized spacial score (nSPS) is 27.1. The van der Waals surface area contributed by atoms with E-state index in [0.717, 1.165) is 6.26 Å². The van der Waals surface area contributed by atoms with Gasteiger partial charge in [-0.2, -0.15) is 18.2 Å². The molecule has 3 heterocycles. The summed E-state index contributed by atoms with van der Waals surface area (Å²) in [6.07, 6.45) is -2.75. The quantitative estimate of drug-likeness (QED) is 0.684.